The van der Waals surface area contributed by atoms with Crippen molar-refractivity contribution >= 4 is 5.91 Å². The molecule has 4 nitrogen and oxygen atoms in total. The van der Waals surface area contributed by atoms with Crippen molar-refractivity contribution in [2.75, 3.05) is 19.7 Å². The van der Waals surface area contributed by atoms with Gasteiger partial charge in [-0.1, -0.05) is 0 Å². The molecule has 0 aromatic heterocycles. The fraction of sp³-hybridized carbons (Fsp3) is 0.933. The van der Waals surface area contributed by atoms with Gasteiger partial charge in [-0.3, -0.25) is 4.79 Å². The first-order valence-electron chi connectivity index (χ1n) is 7.69. The van der Waals surface area contributed by atoms with Gasteiger partial charge in [0.05, 0.1) is 5.60 Å². The quantitative estimate of drug-likeness (QED) is 0.818. The third kappa shape index (κ3) is 5.11. The summed E-state index contributed by atoms with van der Waals surface area (Å²) in [5.74, 6) is 0.958. The molecule has 2 aliphatic heterocycles. The van der Waals surface area contributed by atoms with Crippen molar-refractivity contribution < 1.29 is 9.53 Å². The first-order chi connectivity index (χ1) is 9.05. The Morgan fingerprint density at radius 2 is 2.05 bits per heavy atom. The van der Waals surface area contributed by atoms with Gasteiger partial charge in [0.25, 0.3) is 0 Å². The largest absolute Gasteiger partial charge is 0.375 e. The molecule has 0 aliphatic carbocycles. The standard InChI is InChI=1S/C15H28N2O2/c1-15(2)11-13(7-10-19-15)17-14(18)4-3-12-5-8-16-9-6-12/h12-13,16H,3-11H2,1-2H3,(H,17,18). The van der Waals surface area contributed by atoms with Gasteiger partial charge in [-0.2, -0.15) is 0 Å². The van der Waals surface area contributed by atoms with E-state index in [2.05, 4.69) is 24.5 Å². The van der Waals surface area contributed by atoms with Gasteiger partial charge < -0.3 is 15.4 Å². The normalized spacial score (nSPS) is 28.0. The number of hydrogen-bond donors (Lipinski definition) is 2. The molecule has 0 saturated carbocycles. The van der Waals surface area contributed by atoms with Crippen LogP contribution in [0.2, 0.25) is 0 Å². The molecule has 2 heterocycles. The van der Waals surface area contributed by atoms with Crippen LogP contribution in [0, 0.1) is 5.92 Å². The van der Waals surface area contributed by atoms with E-state index in [4.69, 9.17) is 4.74 Å². The van der Waals surface area contributed by atoms with Gasteiger partial charge in [-0.15, -0.1) is 0 Å². The lowest BCUT2D eigenvalue weighted by molar-refractivity contribution is -0.124. The fourth-order valence-electron chi connectivity index (χ4n) is 3.16. The molecule has 0 aromatic rings. The summed E-state index contributed by atoms with van der Waals surface area (Å²) in [6.45, 7) is 7.17. The average molecular weight is 268 g/mol. The molecule has 110 valence electrons. The minimum Gasteiger partial charge on any atom is -0.375 e. The minimum atomic E-state index is -0.0920. The summed E-state index contributed by atoms with van der Waals surface area (Å²) in [5.41, 5.74) is -0.0920. The van der Waals surface area contributed by atoms with E-state index in [1.54, 1.807) is 0 Å². The second-order valence-electron chi connectivity index (χ2n) is 6.60. The van der Waals surface area contributed by atoms with Crippen LogP contribution < -0.4 is 10.6 Å². The Balaban J connectivity index is 1.66. The summed E-state index contributed by atoms with van der Waals surface area (Å²) in [6, 6.07) is 0.296. The second kappa shape index (κ2) is 6.71. The number of ether oxygens (including phenoxy) is 1. The van der Waals surface area contributed by atoms with Gasteiger partial charge in [0.15, 0.2) is 0 Å². The fourth-order valence-corrected chi connectivity index (χ4v) is 3.16. The van der Waals surface area contributed by atoms with Crippen molar-refractivity contribution in [2.24, 2.45) is 5.92 Å². The Kier molecular flexibility index (Phi) is 5.22. The maximum atomic E-state index is 12.0. The molecule has 0 bridgehead atoms. The van der Waals surface area contributed by atoms with E-state index in [0.717, 1.165) is 44.9 Å². The van der Waals surface area contributed by atoms with Crippen LogP contribution >= 0.6 is 0 Å². The molecule has 0 radical (unpaired) electrons. The van der Waals surface area contributed by atoms with E-state index in [-0.39, 0.29) is 11.5 Å². The molecule has 2 rings (SSSR count). The predicted molar refractivity (Wildman–Crippen MR) is 76.0 cm³/mol. The number of amides is 1. The van der Waals surface area contributed by atoms with Crippen LogP contribution in [-0.4, -0.2) is 37.2 Å². The zero-order chi connectivity index (χ0) is 13.7. The van der Waals surface area contributed by atoms with Crippen molar-refractivity contribution in [1.29, 1.82) is 0 Å². The Labute approximate surface area is 116 Å². The molecule has 2 aliphatic rings. The first kappa shape index (κ1) is 14.8. The van der Waals surface area contributed by atoms with E-state index in [1.807, 2.05) is 0 Å². The van der Waals surface area contributed by atoms with Crippen molar-refractivity contribution in [1.82, 2.24) is 10.6 Å². The van der Waals surface area contributed by atoms with Crippen LogP contribution in [0.3, 0.4) is 0 Å². The minimum absolute atomic E-state index is 0.0920. The summed E-state index contributed by atoms with van der Waals surface area (Å²) in [6.07, 6.45) is 6.03. The second-order valence-corrected chi connectivity index (χ2v) is 6.60. The Hall–Kier alpha value is -0.610. The Bertz CT molecular complexity index is 299. The molecule has 2 saturated heterocycles. The van der Waals surface area contributed by atoms with Crippen LogP contribution in [-0.2, 0) is 9.53 Å². The zero-order valence-corrected chi connectivity index (χ0v) is 12.3. The van der Waals surface area contributed by atoms with Crippen LogP contribution in [0.1, 0.15) is 52.4 Å². The Morgan fingerprint density at radius 1 is 1.32 bits per heavy atom. The monoisotopic (exact) mass is 268 g/mol. The third-order valence-corrected chi connectivity index (χ3v) is 4.30. The zero-order valence-electron chi connectivity index (χ0n) is 12.3. The van der Waals surface area contributed by atoms with Gasteiger partial charge in [-0.05, 0) is 65.0 Å². The maximum Gasteiger partial charge on any atom is 0.220 e. The van der Waals surface area contributed by atoms with Crippen LogP contribution in [0.4, 0.5) is 0 Å². The number of hydrogen-bond acceptors (Lipinski definition) is 3. The highest BCUT2D eigenvalue weighted by Gasteiger charge is 2.29. The van der Waals surface area contributed by atoms with E-state index < -0.39 is 0 Å². The Morgan fingerprint density at radius 3 is 2.74 bits per heavy atom. The van der Waals surface area contributed by atoms with Gasteiger partial charge in [-0.25, -0.2) is 0 Å². The number of piperidine rings is 1. The van der Waals surface area contributed by atoms with Crippen molar-refractivity contribution in [2.45, 2.75) is 64.0 Å². The average Bonchev–Trinajstić information content (AvgIpc) is 2.36. The van der Waals surface area contributed by atoms with Gasteiger partial charge in [0.1, 0.15) is 0 Å². The number of carbonyl (C=O) groups is 1. The lowest BCUT2D eigenvalue weighted by Crippen LogP contribution is -2.45. The van der Waals surface area contributed by atoms with E-state index in [0.29, 0.717) is 12.5 Å². The molecule has 19 heavy (non-hydrogen) atoms. The predicted octanol–water partition coefficient (Wildman–Crippen LogP) is 1.84. The van der Waals surface area contributed by atoms with Crippen molar-refractivity contribution in [3.05, 3.63) is 0 Å². The van der Waals surface area contributed by atoms with Crippen LogP contribution in [0.25, 0.3) is 0 Å². The third-order valence-electron chi connectivity index (χ3n) is 4.30. The molecule has 1 amide bonds. The van der Waals surface area contributed by atoms with Crippen LogP contribution in [0.5, 0.6) is 0 Å². The van der Waals surface area contributed by atoms with E-state index >= 15 is 0 Å². The SMILES string of the molecule is CC1(C)CC(NC(=O)CCC2CCNCC2)CCO1. The first-order valence-corrected chi connectivity index (χ1v) is 7.69. The highest BCUT2D eigenvalue weighted by atomic mass is 16.5. The summed E-state index contributed by atoms with van der Waals surface area (Å²) in [4.78, 5) is 12.0. The summed E-state index contributed by atoms with van der Waals surface area (Å²) in [5, 5.41) is 6.54. The highest BCUT2D eigenvalue weighted by molar-refractivity contribution is 5.76. The van der Waals surface area contributed by atoms with Gasteiger partial charge in [0, 0.05) is 19.1 Å². The molecule has 1 unspecified atom stereocenters. The summed E-state index contributed by atoms with van der Waals surface area (Å²) >= 11 is 0. The summed E-state index contributed by atoms with van der Waals surface area (Å²) < 4.78 is 5.67. The molecule has 0 spiro atoms. The van der Waals surface area contributed by atoms with E-state index in [9.17, 15) is 4.79 Å². The summed E-state index contributed by atoms with van der Waals surface area (Å²) in [7, 11) is 0. The highest BCUT2D eigenvalue weighted by Crippen LogP contribution is 2.24. The molecule has 2 N–H and O–H groups in total. The molecular weight excluding hydrogens is 240 g/mol. The smallest absolute Gasteiger partial charge is 0.220 e. The molecule has 4 heteroatoms. The topological polar surface area (TPSA) is 50.4 Å². The molecule has 1 atom stereocenters. The van der Waals surface area contributed by atoms with Crippen LogP contribution in [0.15, 0.2) is 0 Å². The van der Waals surface area contributed by atoms with Crippen molar-refractivity contribution in [3.63, 3.8) is 0 Å². The van der Waals surface area contributed by atoms with E-state index in [1.165, 1.54) is 12.8 Å². The number of nitrogens with one attached hydrogen (secondary N) is 2. The molecule has 2 fully saturated rings. The lowest BCUT2D eigenvalue weighted by Gasteiger charge is -2.35. The molecule has 0 aromatic carbocycles. The van der Waals surface area contributed by atoms with Gasteiger partial charge >= 0.3 is 0 Å². The lowest BCUT2D eigenvalue weighted by atomic mass is 9.92. The maximum absolute atomic E-state index is 12.0. The molecular formula is C15H28N2O2. The van der Waals surface area contributed by atoms with Crippen molar-refractivity contribution in [3.8, 4) is 0 Å². The number of carbonyl (C=O) groups excluding carboxylic acids is 1. The van der Waals surface area contributed by atoms with Gasteiger partial charge in [0.2, 0.25) is 5.91 Å². The number of rotatable bonds is 4.